The van der Waals surface area contributed by atoms with E-state index in [1.807, 2.05) is 6.92 Å². The van der Waals surface area contributed by atoms with Gasteiger partial charge in [-0.25, -0.2) is 4.79 Å². The van der Waals surface area contributed by atoms with E-state index in [0.29, 0.717) is 19.5 Å². The molecule has 20 heavy (non-hydrogen) atoms. The molecule has 0 saturated heterocycles. The predicted molar refractivity (Wildman–Crippen MR) is 75.4 cm³/mol. The van der Waals surface area contributed by atoms with Gasteiger partial charge in [0.25, 0.3) is 0 Å². The van der Waals surface area contributed by atoms with Gasteiger partial charge in [0, 0.05) is 19.6 Å². The molecule has 0 aromatic carbocycles. The summed E-state index contributed by atoms with van der Waals surface area (Å²) in [6.45, 7) is 6.40. The lowest BCUT2D eigenvalue weighted by atomic mass is 10.0. The highest BCUT2D eigenvalue weighted by Gasteiger charge is 2.20. The van der Waals surface area contributed by atoms with Crippen molar-refractivity contribution in [1.29, 1.82) is 0 Å². The third-order valence-electron chi connectivity index (χ3n) is 2.86. The molecule has 3 amide bonds. The number of aliphatic carboxylic acids is 1. The zero-order valence-electron chi connectivity index (χ0n) is 12.4. The maximum atomic E-state index is 11.9. The van der Waals surface area contributed by atoms with Crippen LogP contribution in [0.15, 0.2) is 0 Å². The van der Waals surface area contributed by atoms with Gasteiger partial charge >= 0.3 is 12.0 Å². The van der Waals surface area contributed by atoms with E-state index in [1.165, 1.54) is 4.90 Å². The number of carboxylic acid groups (broad SMARTS) is 1. The first-order valence-electron chi connectivity index (χ1n) is 6.98. The van der Waals surface area contributed by atoms with Gasteiger partial charge in [-0.15, -0.1) is 0 Å². The molecule has 7 heteroatoms. The van der Waals surface area contributed by atoms with Crippen molar-refractivity contribution in [1.82, 2.24) is 15.5 Å². The zero-order chi connectivity index (χ0) is 15.5. The fourth-order valence-electron chi connectivity index (χ4n) is 1.74. The average molecular weight is 287 g/mol. The number of hydrogen-bond donors (Lipinski definition) is 3. The highest BCUT2D eigenvalue weighted by molar-refractivity contribution is 5.84. The van der Waals surface area contributed by atoms with Crippen LogP contribution < -0.4 is 10.6 Å². The number of nitrogens with zero attached hydrogens (tertiary/aromatic N) is 1. The second-order valence-electron chi connectivity index (χ2n) is 4.48. The SMILES string of the molecule is CCCC(CNC(=O)N(CC)CC(=O)NCC)C(=O)O. The number of carbonyl (C=O) groups excluding carboxylic acids is 2. The first kappa shape index (κ1) is 18.2. The maximum Gasteiger partial charge on any atom is 0.317 e. The maximum absolute atomic E-state index is 11.9. The van der Waals surface area contributed by atoms with Gasteiger partial charge in [-0.1, -0.05) is 13.3 Å². The van der Waals surface area contributed by atoms with Gasteiger partial charge in [-0.2, -0.15) is 0 Å². The molecule has 0 heterocycles. The van der Waals surface area contributed by atoms with E-state index in [-0.39, 0.29) is 19.0 Å². The molecule has 0 aliphatic heterocycles. The number of amides is 3. The lowest BCUT2D eigenvalue weighted by Crippen LogP contribution is -2.47. The molecule has 7 nitrogen and oxygen atoms in total. The molecule has 116 valence electrons. The summed E-state index contributed by atoms with van der Waals surface area (Å²) in [5.41, 5.74) is 0. The Bertz CT molecular complexity index is 334. The van der Waals surface area contributed by atoms with E-state index in [0.717, 1.165) is 6.42 Å². The van der Waals surface area contributed by atoms with Gasteiger partial charge in [0.05, 0.1) is 5.92 Å². The Kier molecular flexibility index (Phi) is 9.15. The number of hydrogen-bond acceptors (Lipinski definition) is 3. The standard InChI is InChI=1S/C13H25N3O4/c1-4-7-10(12(18)19)8-15-13(20)16(6-3)9-11(17)14-5-2/h10H,4-9H2,1-3H3,(H,14,17)(H,15,20)(H,18,19). The molecular formula is C13H25N3O4. The van der Waals surface area contributed by atoms with E-state index >= 15 is 0 Å². The van der Waals surface area contributed by atoms with Crippen molar-refractivity contribution < 1.29 is 19.5 Å². The van der Waals surface area contributed by atoms with Crippen LogP contribution in [0.4, 0.5) is 4.79 Å². The second-order valence-corrected chi connectivity index (χ2v) is 4.48. The lowest BCUT2D eigenvalue weighted by Gasteiger charge is -2.22. The third kappa shape index (κ3) is 6.96. The molecular weight excluding hydrogens is 262 g/mol. The van der Waals surface area contributed by atoms with Crippen LogP contribution >= 0.6 is 0 Å². The smallest absolute Gasteiger partial charge is 0.317 e. The summed E-state index contributed by atoms with van der Waals surface area (Å²) in [5, 5.41) is 14.2. The Morgan fingerprint density at radius 3 is 2.25 bits per heavy atom. The Labute approximate surface area is 119 Å². The van der Waals surface area contributed by atoms with Crippen LogP contribution in [0.5, 0.6) is 0 Å². The van der Waals surface area contributed by atoms with Crippen molar-refractivity contribution in [2.45, 2.75) is 33.6 Å². The van der Waals surface area contributed by atoms with E-state index in [1.54, 1.807) is 13.8 Å². The van der Waals surface area contributed by atoms with Gasteiger partial charge in [-0.05, 0) is 20.3 Å². The molecule has 1 atom stereocenters. The summed E-state index contributed by atoms with van der Waals surface area (Å²) < 4.78 is 0. The van der Waals surface area contributed by atoms with E-state index < -0.39 is 17.9 Å². The monoisotopic (exact) mass is 287 g/mol. The van der Waals surface area contributed by atoms with Gasteiger partial charge < -0.3 is 20.6 Å². The summed E-state index contributed by atoms with van der Waals surface area (Å²) in [7, 11) is 0. The molecule has 0 saturated carbocycles. The average Bonchev–Trinajstić information content (AvgIpc) is 2.40. The molecule has 1 unspecified atom stereocenters. The van der Waals surface area contributed by atoms with Gasteiger partial charge in [-0.3, -0.25) is 9.59 Å². The van der Waals surface area contributed by atoms with E-state index in [2.05, 4.69) is 10.6 Å². The van der Waals surface area contributed by atoms with Crippen LogP contribution in [0.25, 0.3) is 0 Å². The Morgan fingerprint density at radius 1 is 1.15 bits per heavy atom. The second kappa shape index (κ2) is 10.1. The van der Waals surface area contributed by atoms with Crippen LogP contribution in [0.1, 0.15) is 33.6 Å². The van der Waals surface area contributed by atoms with Gasteiger partial charge in [0.2, 0.25) is 5.91 Å². The van der Waals surface area contributed by atoms with Gasteiger partial charge in [0.1, 0.15) is 6.54 Å². The molecule has 0 aliphatic rings. The van der Waals surface area contributed by atoms with Crippen molar-refractivity contribution in [3.8, 4) is 0 Å². The molecule has 0 aliphatic carbocycles. The van der Waals surface area contributed by atoms with Crippen LogP contribution in [-0.4, -0.2) is 54.1 Å². The largest absolute Gasteiger partial charge is 0.481 e. The molecule has 0 spiro atoms. The van der Waals surface area contributed by atoms with E-state index in [4.69, 9.17) is 5.11 Å². The van der Waals surface area contributed by atoms with Crippen molar-refractivity contribution >= 4 is 17.9 Å². The first-order valence-corrected chi connectivity index (χ1v) is 6.98. The highest BCUT2D eigenvalue weighted by atomic mass is 16.4. The summed E-state index contributed by atoms with van der Waals surface area (Å²) in [4.78, 5) is 35.6. The number of nitrogens with one attached hydrogen (secondary N) is 2. The first-order chi connectivity index (χ1) is 9.46. The van der Waals surface area contributed by atoms with E-state index in [9.17, 15) is 14.4 Å². The Balaban J connectivity index is 4.33. The minimum atomic E-state index is -0.918. The number of carbonyl (C=O) groups is 3. The number of rotatable bonds is 9. The fourth-order valence-corrected chi connectivity index (χ4v) is 1.74. The lowest BCUT2D eigenvalue weighted by molar-refractivity contribution is -0.141. The minimum absolute atomic E-state index is 0.0261. The molecule has 0 aromatic heterocycles. The number of urea groups is 1. The van der Waals surface area contributed by atoms with Crippen LogP contribution in [-0.2, 0) is 9.59 Å². The number of carboxylic acids is 1. The van der Waals surface area contributed by atoms with Crippen molar-refractivity contribution in [2.75, 3.05) is 26.2 Å². The van der Waals surface area contributed by atoms with Crippen molar-refractivity contribution in [3.63, 3.8) is 0 Å². The van der Waals surface area contributed by atoms with Crippen LogP contribution in [0.2, 0.25) is 0 Å². The summed E-state index contributed by atoms with van der Waals surface area (Å²) in [6, 6.07) is -0.416. The fraction of sp³-hybridized carbons (Fsp3) is 0.769. The number of likely N-dealkylation sites (N-methyl/N-ethyl adjacent to an activating group) is 2. The molecule has 0 radical (unpaired) electrons. The zero-order valence-corrected chi connectivity index (χ0v) is 12.4. The minimum Gasteiger partial charge on any atom is -0.481 e. The molecule has 0 aromatic rings. The predicted octanol–water partition coefficient (Wildman–Crippen LogP) is 0.655. The quantitative estimate of drug-likeness (QED) is 0.580. The van der Waals surface area contributed by atoms with Gasteiger partial charge in [0.15, 0.2) is 0 Å². The molecule has 0 bridgehead atoms. The summed E-state index contributed by atoms with van der Waals surface area (Å²) in [6.07, 6.45) is 1.25. The molecule has 0 fully saturated rings. The van der Waals surface area contributed by atoms with Crippen molar-refractivity contribution in [2.24, 2.45) is 5.92 Å². The molecule has 0 rings (SSSR count). The Morgan fingerprint density at radius 2 is 1.80 bits per heavy atom. The summed E-state index contributed by atoms with van der Waals surface area (Å²) >= 11 is 0. The molecule has 3 N–H and O–H groups in total. The summed E-state index contributed by atoms with van der Waals surface area (Å²) in [5.74, 6) is -1.74. The van der Waals surface area contributed by atoms with Crippen molar-refractivity contribution in [3.05, 3.63) is 0 Å². The topological polar surface area (TPSA) is 98.7 Å². The third-order valence-corrected chi connectivity index (χ3v) is 2.86. The Hall–Kier alpha value is -1.79. The van der Waals surface area contributed by atoms with Crippen LogP contribution in [0, 0.1) is 5.92 Å². The van der Waals surface area contributed by atoms with Crippen LogP contribution in [0.3, 0.4) is 0 Å². The normalized spacial score (nSPS) is 11.6. The highest BCUT2D eigenvalue weighted by Crippen LogP contribution is 2.05.